The second-order valence-electron chi connectivity index (χ2n) is 6.41. The van der Waals surface area contributed by atoms with Gasteiger partial charge in [0.25, 0.3) is 0 Å². The van der Waals surface area contributed by atoms with Crippen LogP contribution in [0.1, 0.15) is 42.0 Å². The molecule has 26 heavy (non-hydrogen) atoms. The monoisotopic (exact) mass is 353 g/mol. The summed E-state index contributed by atoms with van der Waals surface area (Å²) in [5.74, 6) is 0.882. The Morgan fingerprint density at radius 2 is 2.00 bits per heavy atom. The van der Waals surface area contributed by atoms with Crippen molar-refractivity contribution in [1.82, 2.24) is 24.8 Å². The number of rotatable bonds is 6. The smallest absolute Gasteiger partial charge is 0.223 e. The maximum Gasteiger partial charge on any atom is 0.223 e. The van der Waals surface area contributed by atoms with Crippen LogP contribution in [0, 0.1) is 13.8 Å². The van der Waals surface area contributed by atoms with Gasteiger partial charge in [0.05, 0.1) is 17.4 Å². The molecule has 0 aliphatic rings. The molecule has 0 aliphatic carbocycles. The summed E-state index contributed by atoms with van der Waals surface area (Å²) in [6.45, 7) is 5.81. The van der Waals surface area contributed by atoms with Crippen molar-refractivity contribution >= 4 is 5.91 Å². The van der Waals surface area contributed by atoms with Crippen molar-refractivity contribution in [2.45, 2.75) is 39.7 Å². The molecule has 2 heterocycles. The average molecular weight is 353 g/mol. The van der Waals surface area contributed by atoms with Gasteiger partial charge in [-0.1, -0.05) is 17.3 Å². The molecule has 136 valence electrons. The number of nitrogens with zero attached hydrogens (tertiary/aromatic N) is 5. The molecule has 0 N–H and O–H groups in total. The summed E-state index contributed by atoms with van der Waals surface area (Å²) in [5.41, 5.74) is 3.89. The van der Waals surface area contributed by atoms with Crippen LogP contribution >= 0.6 is 0 Å². The lowest BCUT2D eigenvalue weighted by Crippen LogP contribution is -2.29. The van der Waals surface area contributed by atoms with E-state index in [2.05, 4.69) is 15.2 Å². The summed E-state index contributed by atoms with van der Waals surface area (Å²) in [7, 11) is 1.84. The lowest BCUT2D eigenvalue weighted by atomic mass is 10.0. The molecule has 7 heteroatoms. The van der Waals surface area contributed by atoms with Crippen LogP contribution in [-0.4, -0.2) is 37.8 Å². The molecule has 0 unspecified atom stereocenters. The Kier molecular flexibility index (Phi) is 5.16. The van der Waals surface area contributed by atoms with Crippen LogP contribution in [0.15, 0.2) is 41.4 Å². The molecule has 0 spiro atoms. The zero-order valence-electron chi connectivity index (χ0n) is 15.5. The number of aryl methyl sites for hydroxylation is 2. The summed E-state index contributed by atoms with van der Waals surface area (Å²) < 4.78 is 6.86. The molecule has 3 aromatic rings. The van der Waals surface area contributed by atoms with E-state index in [1.54, 1.807) is 15.9 Å². The van der Waals surface area contributed by atoms with E-state index in [4.69, 9.17) is 4.52 Å². The number of aromatic nitrogens is 4. The second kappa shape index (κ2) is 7.51. The van der Waals surface area contributed by atoms with E-state index in [-0.39, 0.29) is 11.9 Å². The minimum absolute atomic E-state index is 0.0167. The van der Waals surface area contributed by atoms with E-state index in [1.807, 2.05) is 52.1 Å². The van der Waals surface area contributed by atoms with E-state index in [9.17, 15) is 4.79 Å². The Morgan fingerprint density at radius 3 is 2.58 bits per heavy atom. The highest BCUT2D eigenvalue weighted by Crippen LogP contribution is 2.22. The standard InChI is InChI=1S/C19H23N5O2/c1-13-18(15(3)26-22-13)9-10-19(25)23(4)14(2)16-5-7-17(8-6-16)24-12-20-11-21-24/h5-8,11-12,14H,9-10H2,1-4H3/t14-/m0/s1. The molecule has 0 bridgehead atoms. The topological polar surface area (TPSA) is 77.0 Å². The Hall–Kier alpha value is -2.96. The third kappa shape index (κ3) is 3.66. The maximum atomic E-state index is 12.6. The fraction of sp³-hybridized carbons (Fsp3) is 0.368. The molecule has 1 atom stereocenters. The molecule has 7 nitrogen and oxygen atoms in total. The van der Waals surface area contributed by atoms with Crippen LogP contribution in [0.5, 0.6) is 0 Å². The van der Waals surface area contributed by atoms with Crippen LogP contribution < -0.4 is 0 Å². The quantitative estimate of drug-likeness (QED) is 0.681. The summed E-state index contributed by atoms with van der Waals surface area (Å²) in [6, 6.07) is 7.96. The number of benzene rings is 1. The first-order valence-electron chi connectivity index (χ1n) is 8.59. The molecule has 0 radical (unpaired) electrons. The first kappa shape index (κ1) is 17.8. The van der Waals surface area contributed by atoms with Gasteiger partial charge in [0, 0.05) is 19.0 Å². The zero-order chi connectivity index (χ0) is 18.7. The van der Waals surface area contributed by atoms with Gasteiger partial charge in [-0.2, -0.15) is 5.10 Å². The number of carbonyl (C=O) groups excluding carboxylic acids is 1. The molecule has 0 fully saturated rings. The minimum atomic E-state index is -0.0167. The SMILES string of the molecule is Cc1noc(C)c1CCC(=O)N(C)[C@@H](C)c1ccc(-n2cncn2)cc1. The average Bonchev–Trinajstić information content (AvgIpc) is 3.29. The van der Waals surface area contributed by atoms with Gasteiger partial charge in [-0.25, -0.2) is 9.67 Å². The van der Waals surface area contributed by atoms with E-state index < -0.39 is 0 Å². The van der Waals surface area contributed by atoms with Gasteiger partial charge >= 0.3 is 0 Å². The second-order valence-corrected chi connectivity index (χ2v) is 6.41. The van der Waals surface area contributed by atoms with Crippen LogP contribution in [0.25, 0.3) is 5.69 Å². The van der Waals surface area contributed by atoms with E-state index in [0.717, 1.165) is 28.3 Å². The van der Waals surface area contributed by atoms with E-state index in [0.29, 0.717) is 12.8 Å². The summed E-state index contributed by atoms with van der Waals surface area (Å²) in [4.78, 5) is 18.3. The van der Waals surface area contributed by atoms with Crippen molar-refractivity contribution in [3.8, 4) is 5.69 Å². The first-order valence-corrected chi connectivity index (χ1v) is 8.59. The fourth-order valence-corrected chi connectivity index (χ4v) is 2.95. The number of hydrogen-bond acceptors (Lipinski definition) is 5. The molecule has 0 aliphatic heterocycles. The van der Waals surface area contributed by atoms with Crippen molar-refractivity contribution < 1.29 is 9.32 Å². The summed E-state index contributed by atoms with van der Waals surface area (Å²) >= 11 is 0. The predicted molar refractivity (Wildman–Crippen MR) is 96.8 cm³/mol. The Labute approximate surface area is 152 Å². The van der Waals surface area contributed by atoms with Crippen molar-refractivity contribution in [3.63, 3.8) is 0 Å². The van der Waals surface area contributed by atoms with Crippen molar-refractivity contribution in [2.24, 2.45) is 0 Å². The van der Waals surface area contributed by atoms with Gasteiger partial charge in [-0.05, 0) is 44.9 Å². The molecule has 0 saturated heterocycles. The van der Waals surface area contributed by atoms with Gasteiger partial charge in [0.1, 0.15) is 18.4 Å². The summed E-state index contributed by atoms with van der Waals surface area (Å²) in [5, 5.41) is 8.05. The molecule has 0 saturated carbocycles. The molecule has 2 aromatic heterocycles. The number of hydrogen-bond donors (Lipinski definition) is 0. The molecule has 1 aromatic carbocycles. The number of amides is 1. The van der Waals surface area contributed by atoms with Crippen LogP contribution in [0.2, 0.25) is 0 Å². The Bertz CT molecular complexity index is 848. The summed E-state index contributed by atoms with van der Waals surface area (Å²) in [6.07, 6.45) is 4.23. The molecule has 3 rings (SSSR count). The molecular weight excluding hydrogens is 330 g/mol. The van der Waals surface area contributed by atoms with Crippen molar-refractivity contribution in [3.05, 3.63) is 59.5 Å². The van der Waals surface area contributed by atoms with Gasteiger partial charge in [0.15, 0.2) is 0 Å². The van der Waals surface area contributed by atoms with Crippen molar-refractivity contribution in [1.29, 1.82) is 0 Å². The Balaban J connectivity index is 1.63. The lowest BCUT2D eigenvalue weighted by molar-refractivity contribution is -0.131. The highest BCUT2D eigenvalue weighted by Gasteiger charge is 2.19. The van der Waals surface area contributed by atoms with E-state index >= 15 is 0 Å². The van der Waals surface area contributed by atoms with Gasteiger partial charge in [-0.15, -0.1) is 0 Å². The first-order chi connectivity index (χ1) is 12.5. The minimum Gasteiger partial charge on any atom is -0.361 e. The normalized spacial score (nSPS) is 12.2. The largest absolute Gasteiger partial charge is 0.361 e. The highest BCUT2D eigenvalue weighted by molar-refractivity contribution is 5.76. The third-order valence-corrected chi connectivity index (χ3v) is 4.80. The highest BCUT2D eigenvalue weighted by atomic mass is 16.5. The van der Waals surface area contributed by atoms with Gasteiger partial charge in [0.2, 0.25) is 5.91 Å². The van der Waals surface area contributed by atoms with Crippen molar-refractivity contribution in [2.75, 3.05) is 7.05 Å². The van der Waals surface area contributed by atoms with Crippen LogP contribution in [0.4, 0.5) is 0 Å². The Morgan fingerprint density at radius 1 is 1.27 bits per heavy atom. The lowest BCUT2D eigenvalue weighted by Gasteiger charge is -2.25. The van der Waals surface area contributed by atoms with Gasteiger partial charge in [-0.3, -0.25) is 4.79 Å². The van der Waals surface area contributed by atoms with Gasteiger partial charge < -0.3 is 9.42 Å². The van der Waals surface area contributed by atoms with E-state index in [1.165, 1.54) is 6.33 Å². The molecular formula is C19H23N5O2. The van der Waals surface area contributed by atoms with Crippen LogP contribution in [-0.2, 0) is 11.2 Å². The third-order valence-electron chi connectivity index (χ3n) is 4.80. The maximum absolute atomic E-state index is 12.6. The predicted octanol–water partition coefficient (Wildman–Crippen LogP) is 3.02. The fourth-order valence-electron chi connectivity index (χ4n) is 2.95. The van der Waals surface area contributed by atoms with Crippen LogP contribution in [0.3, 0.4) is 0 Å². The zero-order valence-corrected chi connectivity index (χ0v) is 15.5. The number of carbonyl (C=O) groups is 1. The molecule has 1 amide bonds.